The van der Waals surface area contributed by atoms with E-state index in [0.717, 1.165) is 52.2 Å². The molecular formula is C63H68I3N6O8-. The fourth-order valence-electron chi connectivity index (χ4n) is 12.7. The molecular weight excluding hydrogens is 1350 g/mol. The van der Waals surface area contributed by atoms with E-state index in [9.17, 15) is 35.1 Å². The van der Waals surface area contributed by atoms with E-state index in [2.05, 4.69) is 172 Å². The van der Waals surface area contributed by atoms with Gasteiger partial charge in [-0.25, -0.2) is 4.79 Å². The van der Waals surface area contributed by atoms with E-state index in [1.54, 1.807) is 35.4 Å². The first kappa shape index (κ1) is 62.8. The van der Waals surface area contributed by atoms with Gasteiger partial charge in [0.25, 0.3) is 11.4 Å². The fourth-order valence-corrected chi connectivity index (χ4v) is 12.7. The Labute approximate surface area is 498 Å². The zero-order chi connectivity index (χ0) is 58.7. The molecule has 6 bridgehead atoms. The van der Waals surface area contributed by atoms with Crippen LogP contribution < -0.4 is 30.5 Å². The van der Waals surface area contributed by atoms with Crippen LogP contribution in [0.1, 0.15) is 160 Å². The third-order valence-electron chi connectivity index (χ3n) is 15.7. The molecule has 5 aromatic carbocycles. The summed E-state index contributed by atoms with van der Waals surface area (Å²) in [5.74, 6) is 3.50. The van der Waals surface area contributed by atoms with Crippen LogP contribution in [0.5, 0.6) is 0 Å². The van der Waals surface area contributed by atoms with Crippen molar-refractivity contribution in [3.8, 4) is 0 Å². The first-order valence-electron chi connectivity index (χ1n) is 26.3. The van der Waals surface area contributed by atoms with Crippen molar-refractivity contribution in [3.05, 3.63) is 242 Å². The number of allylic oxidation sites excluding steroid dienone is 12. The average Bonchev–Trinajstić information content (AvgIpc) is 4.45. The van der Waals surface area contributed by atoms with Gasteiger partial charge in [-0.05, 0) is 160 Å². The molecule has 0 heterocycles. The summed E-state index contributed by atoms with van der Waals surface area (Å²) >= 11 is 5.30. The normalized spacial score (nSPS) is 20.5. The second kappa shape index (κ2) is 28.4. The maximum absolute atomic E-state index is 11.1. The minimum atomic E-state index is -1.40. The first-order chi connectivity index (χ1) is 38.1. The number of hydrogen-bond acceptors (Lipinski definition) is 10. The number of fused-ring (bicyclic) bond motifs is 15. The number of hydrogen-bond donors (Lipinski definition) is 4. The smallest absolute Gasteiger partial charge is 0.344 e. The van der Waals surface area contributed by atoms with Gasteiger partial charge in [-0.3, -0.25) is 30.3 Å². The summed E-state index contributed by atoms with van der Waals surface area (Å²) in [5.41, 5.74) is 35.2. The Hall–Kier alpha value is -6.38. The van der Waals surface area contributed by atoms with Gasteiger partial charge in [0, 0.05) is 64.9 Å². The summed E-state index contributed by atoms with van der Waals surface area (Å²) < 4.78 is 0. The van der Waals surface area contributed by atoms with Crippen molar-refractivity contribution >= 4 is 77.3 Å². The Morgan fingerprint density at radius 1 is 0.613 bits per heavy atom. The molecule has 12 rings (SSSR count). The molecule has 7 aliphatic carbocycles. The number of benzene rings is 4. The number of carbonyl (C=O) groups is 1. The molecule has 0 amide bonds. The van der Waals surface area contributed by atoms with Gasteiger partial charge in [-0.15, -0.1) is 0 Å². The van der Waals surface area contributed by atoms with E-state index >= 15 is 0 Å². The van der Waals surface area contributed by atoms with Crippen molar-refractivity contribution in [1.82, 2.24) is 0 Å². The van der Waals surface area contributed by atoms with Crippen molar-refractivity contribution in [1.29, 1.82) is 0 Å². The first-order valence-corrected chi connectivity index (χ1v) is 38.9. The number of nitrogen functional groups attached to an aromatic ring is 3. The van der Waals surface area contributed by atoms with Crippen LogP contribution in [0.15, 0.2) is 161 Å². The van der Waals surface area contributed by atoms with E-state index < -0.39 is 27.1 Å². The largest absolute Gasteiger partial charge is 0.477 e. The molecule has 17 heteroatoms. The van der Waals surface area contributed by atoms with Gasteiger partial charge in [-0.2, -0.15) is 0 Å². The van der Waals surface area contributed by atoms with Crippen LogP contribution in [0, 0.1) is 54.3 Å². The molecule has 0 spiro atoms. The summed E-state index contributed by atoms with van der Waals surface area (Å²) in [6.45, 7) is 17.6. The predicted octanol–water partition coefficient (Wildman–Crippen LogP) is 14.1. The van der Waals surface area contributed by atoms with Crippen molar-refractivity contribution in [2.24, 2.45) is 11.8 Å². The summed E-state index contributed by atoms with van der Waals surface area (Å²) in [6, 6.07) is 31.3. The van der Waals surface area contributed by atoms with E-state index in [-0.39, 0.29) is 33.8 Å². The molecule has 0 radical (unpaired) electrons. The Morgan fingerprint density at radius 2 is 1.14 bits per heavy atom. The maximum Gasteiger partial charge on any atom is 0.344 e. The molecule has 0 aliphatic heterocycles. The number of nitrogens with zero attached hydrogens (tertiary/aromatic N) is 3. The van der Waals surface area contributed by atoms with Gasteiger partial charge in [0.2, 0.25) is 0 Å². The van der Waals surface area contributed by atoms with Crippen molar-refractivity contribution in [2.45, 2.75) is 117 Å². The summed E-state index contributed by atoms with van der Waals surface area (Å²) in [6.07, 6.45) is 18.0. The number of nitro groups is 3. The molecule has 7 unspecified atom stereocenters. The molecule has 2 fully saturated rings. The number of carboxylic acid groups (broad SMARTS) is 1. The summed E-state index contributed by atoms with van der Waals surface area (Å²) in [5, 5.41) is 40.0. The van der Waals surface area contributed by atoms with Crippen LogP contribution >= 0.6 is 37.2 Å². The quantitative estimate of drug-likeness (QED) is 0.0424. The molecule has 14 nitrogen and oxygen atoms in total. The van der Waals surface area contributed by atoms with E-state index in [1.807, 2.05) is 12.1 Å². The van der Waals surface area contributed by atoms with Gasteiger partial charge in [0.05, 0.1) is 20.5 Å². The number of rotatable bonds is 5. The van der Waals surface area contributed by atoms with E-state index in [0.29, 0.717) is 25.1 Å². The summed E-state index contributed by atoms with van der Waals surface area (Å²) in [4.78, 5) is 40.4. The Bertz CT molecular complexity index is 3310. The second-order valence-electron chi connectivity index (χ2n) is 21.3. The number of carboxylic acids is 1. The fraction of sp³-hybridized carbons (Fsp3) is 0.317. The van der Waals surface area contributed by atoms with Crippen molar-refractivity contribution in [2.75, 3.05) is 17.2 Å². The Kier molecular flexibility index (Phi) is 22.3. The zero-order valence-electron chi connectivity index (χ0n) is 46.1. The molecule has 2 saturated carbocycles. The van der Waals surface area contributed by atoms with Crippen molar-refractivity contribution in [3.63, 3.8) is 0 Å². The van der Waals surface area contributed by atoms with Gasteiger partial charge >= 0.3 is 62.1 Å². The molecule has 7 aliphatic rings. The molecule has 7 N–H and O–H groups in total. The Balaban J connectivity index is 0.000000156. The van der Waals surface area contributed by atoms with Gasteiger partial charge in [0.1, 0.15) is 0 Å². The van der Waals surface area contributed by atoms with Crippen LogP contribution in [0.2, 0.25) is 0 Å². The number of nitrogens with two attached hydrogens (primary N) is 3. The van der Waals surface area contributed by atoms with Gasteiger partial charge < -0.3 is 22.3 Å². The predicted molar refractivity (Wildman–Crippen MR) is 334 cm³/mol. The molecule has 80 heavy (non-hydrogen) atoms. The van der Waals surface area contributed by atoms with Crippen LogP contribution in [0.4, 0.5) is 34.1 Å². The average molecular weight is 1420 g/mol. The number of halogens is 3. The number of aromatic carboxylic acids is 1. The van der Waals surface area contributed by atoms with Crippen molar-refractivity contribution < 1.29 is 37.9 Å². The SMILES string of the molecule is CC(C)=C1C2C=CC1c1c2cccc1[N+](=O)[O-].CC(C)=C1C2CCC1c1c(N)cccc12.CC(C)=C1C=CC=C1.CC(C)C1C2CCC1c1c(N)cccc12.I[I-]I.Nc1cccc([N+](=O)[O-])c1C(=O)O.O=[N+]([O-])c1c#cccc1. The van der Waals surface area contributed by atoms with Gasteiger partial charge in [0.15, 0.2) is 5.56 Å². The van der Waals surface area contributed by atoms with Gasteiger partial charge in [-0.1, -0.05) is 121 Å². The molecule has 5 aromatic rings. The number of anilines is 3. The van der Waals surface area contributed by atoms with Crippen LogP contribution in [0.3, 0.4) is 0 Å². The van der Waals surface area contributed by atoms with E-state index in [4.69, 9.17) is 22.3 Å². The summed E-state index contributed by atoms with van der Waals surface area (Å²) in [7, 11) is 0. The minimum absolute atomic E-state index is 0.0440. The Morgan fingerprint density at radius 3 is 1.62 bits per heavy atom. The second-order valence-corrected chi connectivity index (χ2v) is 37.5. The monoisotopic (exact) mass is 1420 g/mol. The molecule has 7 atom stereocenters. The van der Waals surface area contributed by atoms with E-state index in [1.165, 1.54) is 88.4 Å². The van der Waals surface area contributed by atoms with Crippen LogP contribution in [-0.2, 0) is 0 Å². The minimum Gasteiger partial charge on any atom is -0.477 e. The third-order valence-corrected chi connectivity index (χ3v) is 15.7. The molecule has 0 aromatic heterocycles. The standard InChI is InChI=1S/C14H13NO2.C14H19N.C14H17N.C8H10.C7H6N2O4.C6H3NO2.I3/c1-8(2)13-10-6-7-11(13)14-9(10)4-3-5-12(14)15(16)17;2*1-8(2)13-10-6-7-11(13)14-9(10)4-3-5-12(14)15;1-7(2)8-5-3-4-6-8;8-4-2-1-3-5(9(12)13)6(4)7(10)11;8-7(9)6-4-2-1-3-5-6;1-3-2/h3-7,10-11H,1-2H3;3-5,8,10-11,13H,6-7,15H2,1-2H3;3-5,10-11H,6-7,15H2,1-2H3;3-6H,1-2H3;1-3H,8H2,(H,10,11);1-2,4H;/q;;;;;;-1. The zero-order valence-corrected chi connectivity index (χ0v) is 52.6. The maximum atomic E-state index is 11.1. The topological polar surface area (TPSA) is 245 Å². The molecule has 420 valence electrons. The van der Waals surface area contributed by atoms with Crippen LogP contribution in [-0.4, -0.2) is 25.8 Å². The van der Waals surface area contributed by atoms with Crippen LogP contribution in [0.25, 0.3) is 0 Å². The third kappa shape index (κ3) is 14.0. The number of nitro benzene ring substituents is 2. The molecule has 0 saturated heterocycles.